The number of carbonyl (C=O) groups is 2. The van der Waals surface area contributed by atoms with Crippen LogP contribution < -0.4 is 5.73 Å². The van der Waals surface area contributed by atoms with Crippen LogP contribution in [0, 0.1) is 6.92 Å². The first-order valence-electron chi connectivity index (χ1n) is 7.43. The average Bonchev–Trinajstić information content (AvgIpc) is 2.89. The van der Waals surface area contributed by atoms with Gasteiger partial charge in [0.25, 0.3) is 11.8 Å². The summed E-state index contributed by atoms with van der Waals surface area (Å²) in [6.45, 7) is 3.06. The maximum Gasteiger partial charge on any atom is 0.253 e. The first-order valence-corrected chi connectivity index (χ1v) is 7.43. The fraction of sp³-hybridized carbons (Fsp3) is 0.158. The Balaban J connectivity index is 0.000000185. The number of hydrogen-bond donors (Lipinski definition) is 1. The summed E-state index contributed by atoms with van der Waals surface area (Å²) in [4.78, 5) is 23.6. The van der Waals surface area contributed by atoms with E-state index in [1.54, 1.807) is 0 Å². The molecule has 2 aromatic carbocycles. The van der Waals surface area contributed by atoms with Gasteiger partial charge < -0.3 is 5.73 Å². The Morgan fingerprint density at radius 1 is 0.826 bits per heavy atom. The quantitative estimate of drug-likeness (QED) is 0.886. The van der Waals surface area contributed by atoms with Crippen molar-refractivity contribution in [2.45, 2.75) is 20.0 Å². The standard InChI is InChI=1S/C11H9NO2.C8H11N/c13-10-6-7-11(14)12(10)8-9-4-2-1-3-5-9;1-7-2-4-8(6-9)5-3-7/h1-7H,8H2;2-5H,6,9H2,1H3. The van der Waals surface area contributed by atoms with Gasteiger partial charge in [-0.05, 0) is 18.1 Å². The van der Waals surface area contributed by atoms with Crippen LogP contribution in [0.15, 0.2) is 66.7 Å². The van der Waals surface area contributed by atoms with E-state index in [2.05, 4.69) is 31.2 Å². The van der Waals surface area contributed by atoms with Gasteiger partial charge in [-0.3, -0.25) is 14.5 Å². The lowest BCUT2D eigenvalue weighted by molar-refractivity contribution is -0.137. The monoisotopic (exact) mass is 308 g/mol. The van der Waals surface area contributed by atoms with Gasteiger partial charge in [-0.15, -0.1) is 0 Å². The maximum absolute atomic E-state index is 11.2. The van der Waals surface area contributed by atoms with Gasteiger partial charge in [0.2, 0.25) is 0 Å². The fourth-order valence-corrected chi connectivity index (χ4v) is 2.08. The number of nitrogens with zero attached hydrogens (tertiary/aromatic N) is 1. The lowest BCUT2D eigenvalue weighted by Gasteiger charge is -2.13. The molecule has 0 atom stereocenters. The molecule has 1 heterocycles. The third kappa shape index (κ3) is 4.90. The fourth-order valence-electron chi connectivity index (χ4n) is 2.08. The van der Waals surface area contributed by atoms with Crippen LogP contribution in [0.2, 0.25) is 0 Å². The minimum Gasteiger partial charge on any atom is -0.326 e. The van der Waals surface area contributed by atoms with E-state index in [4.69, 9.17) is 5.73 Å². The van der Waals surface area contributed by atoms with Crippen molar-refractivity contribution < 1.29 is 9.59 Å². The summed E-state index contributed by atoms with van der Waals surface area (Å²) in [5, 5.41) is 0. The van der Waals surface area contributed by atoms with E-state index in [9.17, 15) is 9.59 Å². The number of benzene rings is 2. The highest BCUT2D eigenvalue weighted by Gasteiger charge is 2.22. The molecule has 2 N–H and O–H groups in total. The second-order valence-corrected chi connectivity index (χ2v) is 5.27. The van der Waals surface area contributed by atoms with Crippen LogP contribution in [0.4, 0.5) is 0 Å². The van der Waals surface area contributed by atoms with Gasteiger partial charge >= 0.3 is 0 Å². The Hall–Kier alpha value is -2.72. The second-order valence-electron chi connectivity index (χ2n) is 5.27. The van der Waals surface area contributed by atoms with E-state index in [1.807, 2.05) is 30.3 Å². The molecule has 118 valence electrons. The largest absolute Gasteiger partial charge is 0.326 e. The third-order valence-electron chi connectivity index (χ3n) is 3.44. The van der Waals surface area contributed by atoms with Gasteiger partial charge in [0.15, 0.2) is 0 Å². The molecule has 1 aliphatic rings. The molecule has 4 nitrogen and oxygen atoms in total. The van der Waals surface area contributed by atoms with E-state index < -0.39 is 0 Å². The molecule has 0 unspecified atom stereocenters. The SMILES string of the molecule is Cc1ccc(CN)cc1.O=C1C=CC(=O)N1Cc1ccccc1. The minimum absolute atomic E-state index is 0.237. The molecular weight excluding hydrogens is 288 g/mol. The average molecular weight is 308 g/mol. The molecule has 0 radical (unpaired) electrons. The summed E-state index contributed by atoms with van der Waals surface area (Å²) in [6.07, 6.45) is 2.59. The number of nitrogens with two attached hydrogens (primary N) is 1. The molecule has 3 rings (SSSR count). The van der Waals surface area contributed by atoms with Gasteiger partial charge in [0.05, 0.1) is 6.54 Å². The van der Waals surface area contributed by atoms with Crippen LogP contribution in [0.5, 0.6) is 0 Å². The lowest BCUT2D eigenvalue weighted by atomic mass is 10.2. The molecule has 1 aliphatic heterocycles. The van der Waals surface area contributed by atoms with Crippen molar-refractivity contribution in [2.24, 2.45) is 5.73 Å². The number of hydrogen-bond acceptors (Lipinski definition) is 3. The zero-order valence-corrected chi connectivity index (χ0v) is 13.1. The van der Waals surface area contributed by atoms with Crippen molar-refractivity contribution in [3.05, 3.63) is 83.4 Å². The summed E-state index contributed by atoms with van der Waals surface area (Å²) < 4.78 is 0. The van der Waals surface area contributed by atoms with Crippen LogP contribution in [0.25, 0.3) is 0 Å². The smallest absolute Gasteiger partial charge is 0.253 e. The highest BCUT2D eigenvalue weighted by atomic mass is 16.2. The number of rotatable bonds is 3. The Bertz CT molecular complexity index is 673. The highest BCUT2D eigenvalue weighted by molar-refractivity contribution is 6.12. The molecule has 0 saturated carbocycles. The van der Waals surface area contributed by atoms with Crippen LogP contribution in [0.1, 0.15) is 16.7 Å². The molecular formula is C19H20N2O2. The van der Waals surface area contributed by atoms with E-state index >= 15 is 0 Å². The lowest BCUT2D eigenvalue weighted by Crippen LogP contribution is -2.29. The van der Waals surface area contributed by atoms with E-state index in [1.165, 1.54) is 28.2 Å². The maximum atomic E-state index is 11.2. The van der Waals surface area contributed by atoms with Crippen molar-refractivity contribution in [1.29, 1.82) is 0 Å². The predicted molar refractivity (Wildman–Crippen MR) is 90.2 cm³/mol. The van der Waals surface area contributed by atoms with Crippen LogP contribution >= 0.6 is 0 Å². The molecule has 23 heavy (non-hydrogen) atoms. The van der Waals surface area contributed by atoms with E-state index in [0.29, 0.717) is 13.1 Å². The van der Waals surface area contributed by atoms with Gasteiger partial charge in [0, 0.05) is 18.7 Å². The van der Waals surface area contributed by atoms with Crippen LogP contribution in [-0.2, 0) is 22.7 Å². The molecule has 0 fully saturated rings. The van der Waals surface area contributed by atoms with Crippen molar-refractivity contribution in [1.82, 2.24) is 4.90 Å². The van der Waals surface area contributed by atoms with E-state index in [0.717, 1.165) is 5.56 Å². The number of carbonyl (C=O) groups excluding carboxylic acids is 2. The summed E-state index contributed by atoms with van der Waals surface area (Å²) in [7, 11) is 0. The molecule has 0 bridgehead atoms. The topological polar surface area (TPSA) is 63.4 Å². The first-order chi connectivity index (χ1) is 11.1. The second kappa shape index (κ2) is 8.06. The molecule has 4 heteroatoms. The Kier molecular flexibility index (Phi) is 5.83. The van der Waals surface area contributed by atoms with Crippen molar-refractivity contribution >= 4 is 11.8 Å². The third-order valence-corrected chi connectivity index (χ3v) is 3.44. The Morgan fingerprint density at radius 2 is 1.39 bits per heavy atom. The summed E-state index contributed by atoms with van der Waals surface area (Å²) in [5.74, 6) is -0.474. The van der Waals surface area contributed by atoms with Crippen molar-refractivity contribution in [2.75, 3.05) is 0 Å². The van der Waals surface area contributed by atoms with Crippen LogP contribution in [-0.4, -0.2) is 16.7 Å². The number of amides is 2. The molecule has 0 aliphatic carbocycles. The molecule has 2 amide bonds. The molecule has 0 aromatic heterocycles. The number of aryl methyl sites for hydroxylation is 1. The first kappa shape index (κ1) is 16.6. The molecule has 2 aromatic rings. The Morgan fingerprint density at radius 3 is 1.91 bits per heavy atom. The van der Waals surface area contributed by atoms with Gasteiger partial charge in [-0.2, -0.15) is 0 Å². The van der Waals surface area contributed by atoms with Crippen LogP contribution in [0.3, 0.4) is 0 Å². The van der Waals surface area contributed by atoms with Crippen molar-refractivity contribution in [3.8, 4) is 0 Å². The zero-order chi connectivity index (χ0) is 16.7. The van der Waals surface area contributed by atoms with Gasteiger partial charge in [-0.25, -0.2) is 0 Å². The molecule has 0 saturated heterocycles. The zero-order valence-electron chi connectivity index (χ0n) is 13.1. The van der Waals surface area contributed by atoms with Gasteiger partial charge in [-0.1, -0.05) is 60.2 Å². The minimum atomic E-state index is -0.237. The Labute approximate surface area is 136 Å². The summed E-state index contributed by atoms with van der Waals surface area (Å²) in [5.41, 5.74) is 8.84. The summed E-state index contributed by atoms with van der Waals surface area (Å²) in [6, 6.07) is 17.7. The normalized spacial score (nSPS) is 13.0. The van der Waals surface area contributed by atoms with Crippen molar-refractivity contribution in [3.63, 3.8) is 0 Å². The molecule has 0 spiro atoms. The predicted octanol–water partition coefficient (Wildman–Crippen LogP) is 2.57. The van der Waals surface area contributed by atoms with Gasteiger partial charge in [0.1, 0.15) is 0 Å². The number of imide groups is 1. The van der Waals surface area contributed by atoms with E-state index in [-0.39, 0.29) is 11.8 Å². The summed E-state index contributed by atoms with van der Waals surface area (Å²) >= 11 is 0. The highest BCUT2D eigenvalue weighted by Crippen LogP contribution is 2.09.